The molecule has 1 rings (SSSR count). The van der Waals surface area contributed by atoms with E-state index in [2.05, 4.69) is 6.58 Å². The molecule has 0 amide bonds. The third-order valence-corrected chi connectivity index (χ3v) is 2.49. The van der Waals surface area contributed by atoms with Gasteiger partial charge in [-0.25, -0.2) is 4.79 Å². The first-order valence-corrected chi connectivity index (χ1v) is 5.57. The summed E-state index contributed by atoms with van der Waals surface area (Å²) in [6, 6.07) is 1.43. The number of allylic oxidation sites excluding steroid dienone is 1. The minimum atomic E-state index is -0.257. The number of aromatic nitrogens is 2. The van der Waals surface area contributed by atoms with Gasteiger partial charge in [0, 0.05) is 18.8 Å². The predicted octanol–water partition coefficient (Wildman–Crippen LogP) is 1.39. The third-order valence-electron chi connectivity index (χ3n) is 2.49. The summed E-state index contributed by atoms with van der Waals surface area (Å²) in [5, 5.41) is 0. The second-order valence-corrected chi connectivity index (χ2v) is 3.82. The van der Waals surface area contributed by atoms with E-state index in [-0.39, 0.29) is 11.2 Å². The fourth-order valence-corrected chi connectivity index (χ4v) is 1.45. The Kier molecular flexibility index (Phi) is 4.28. The van der Waals surface area contributed by atoms with Gasteiger partial charge in [-0.15, -0.1) is 0 Å². The van der Waals surface area contributed by atoms with Crippen LogP contribution < -0.4 is 11.2 Å². The van der Waals surface area contributed by atoms with Crippen molar-refractivity contribution < 1.29 is 0 Å². The van der Waals surface area contributed by atoms with Crippen LogP contribution in [-0.4, -0.2) is 9.13 Å². The molecular formula is C12H18N2O2. The van der Waals surface area contributed by atoms with Gasteiger partial charge in [-0.1, -0.05) is 26.0 Å². The van der Waals surface area contributed by atoms with Crippen LogP contribution in [0, 0.1) is 0 Å². The number of hydrogen-bond donors (Lipinski definition) is 0. The SMILES string of the molecule is C=C(CC)Cn1c(=O)ccn(CCC)c1=O. The average molecular weight is 222 g/mol. The Morgan fingerprint density at radius 1 is 1.38 bits per heavy atom. The Hall–Kier alpha value is -1.58. The molecule has 1 heterocycles. The maximum Gasteiger partial charge on any atom is 0.331 e. The Balaban J connectivity index is 3.16. The Morgan fingerprint density at radius 3 is 2.62 bits per heavy atom. The highest BCUT2D eigenvalue weighted by molar-refractivity contribution is 4.96. The first-order valence-electron chi connectivity index (χ1n) is 5.57. The quantitative estimate of drug-likeness (QED) is 0.706. The average Bonchev–Trinajstić information content (AvgIpc) is 2.28. The van der Waals surface area contributed by atoms with E-state index in [1.807, 2.05) is 13.8 Å². The summed E-state index contributed by atoms with van der Waals surface area (Å²) in [5.74, 6) is 0. The number of rotatable bonds is 5. The molecule has 88 valence electrons. The van der Waals surface area contributed by atoms with Crippen molar-refractivity contribution in [1.82, 2.24) is 9.13 Å². The van der Waals surface area contributed by atoms with Gasteiger partial charge in [0.05, 0.1) is 6.54 Å². The smallest absolute Gasteiger partial charge is 0.300 e. The molecule has 4 heteroatoms. The fourth-order valence-electron chi connectivity index (χ4n) is 1.45. The Bertz CT molecular complexity index is 483. The molecule has 0 aromatic carbocycles. The van der Waals surface area contributed by atoms with Gasteiger partial charge in [-0.05, 0) is 12.8 Å². The second-order valence-electron chi connectivity index (χ2n) is 3.82. The second kappa shape index (κ2) is 5.49. The van der Waals surface area contributed by atoms with Crippen LogP contribution in [0.2, 0.25) is 0 Å². The Morgan fingerprint density at radius 2 is 2.06 bits per heavy atom. The topological polar surface area (TPSA) is 44.0 Å². The van der Waals surface area contributed by atoms with Gasteiger partial charge in [0.25, 0.3) is 5.56 Å². The Labute approximate surface area is 94.8 Å². The lowest BCUT2D eigenvalue weighted by Crippen LogP contribution is -2.39. The summed E-state index contributed by atoms with van der Waals surface area (Å²) < 4.78 is 2.80. The van der Waals surface area contributed by atoms with E-state index < -0.39 is 0 Å². The molecule has 0 unspecified atom stereocenters. The summed E-state index contributed by atoms with van der Waals surface area (Å²) in [7, 11) is 0. The molecule has 0 aliphatic carbocycles. The standard InChI is InChI=1S/C12H18N2O2/c1-4-7-13-8-6-11(15)14(12(13)16)9-10(3)5-2/h6,8H,3-5,7,9H2,1-2H3. The minimum Gasteiger partial charge on any atom is -0.300 e. The lowest BCUT2D eigenvalue weighted by molar-refractivity contribution is 0.565. The first-order chi connectivity index (χ1) is 7.60. The van der Waals surface area contributed by atoms with Crippen LogP contribution in [0.15, 0.2) is 34.0 Å². The molecule has 0 radical (unpaired) electrons. The van der Waals surface area contributed by atoms with Gasteiger partial charge in [0.2, 0.25) is 0 Å². The van der Waals surface area contributed by atoms with Crippen LogP contribution in [0.25, 0.3) is 0 Å². The van der Waals surface area contributed by atoms with Gasteiger partial charge in [0.15, 0.2) is 0 Å². The lowest BCUT2D eigenvalue weighted by atomic mass is 10.2. The maximum atomic E-state index is 11.9. The monoisotopic (exact) mass is 222 g/mol. The molecule has 0 spiro atoms. The molecule has 0 aliphatic rings. The van der Waals surface area contributed by atoms with Gasteiger partial charge in [0.1, 0.15) is 0 Å². The maximum absolute atomic E-state index is 11.9. The van der Waals surface area contributed by atoms with E-state index in [4.69, 9.17) is 0 Å². The van der Waals surface area contributed by atoms with Crippen molar-refractivity contribution in [1.29, 1.82) is 0 Å². The van der Waals surface area contributed by atoms with Gasteiger partial charge < -0.3 is 4.57 Å². The molecule has 0 atom stereocenters. The van der Waals surface area contributed by atoms with Crippen LogP contribution in [0.1, 0.15) is 26.7 Å². The lowest BCUT2D eigenvalue weighted by Gasteiger charge is -2.09. The fraction of sp³-hybridized carbons (Fsp3) is 0.500. The van der Waals surface area contributed by atoms with E-state index in [0.29, 0.717) is 13.1 Å². The van der Waals surface area contributed by atoms with Crippen molar-refractivity contribution in [2.45, 2.75) is 39.8 Å². The molecular weight excluding hydrogens is 204 g/mol. The van der Waals surface area contributed by atoms with Crippen LogP contribution >= 0.6 is 0 Å². The zero-order valence-electron chi connectivity index (χ0n) is 9.90. The zero-order chi connectivity index (χ0) is 12.1. The predicted molar refractivity (Wildman–Crippen MR) is 64.7 cm³/mol. The molecule has 16 heavy (non-hydrogen) atoms. The van der Waals surface area contributed by atoms with E-state index in [0.717, 1.165) is 18.4 Å². The highest BCUT2D eigenvalue weighted by atomic mass is 16.2. The molecule has 0 fully saturated rings. The molecule has 1 aromatic heterocycles. The van der Waals surface area contributed by atoms with Crippen molar-refractivity contribution in [3.05, 3.63) is 45.3 Å². The minimum absolute atomic E-state index is 0.246. The molecule has 0 saturated carbocycles. The third kappa shape index (κ3) is 2.72. The van der Waals surface area contributed by atoms with Crippen molar-refractivity contribution >= 4 is 0 Å². The van der Waals surface area contributed by atoms with Crippen molar-refractivity contribution in [3.8, 4) is 0 Å². The number of nitrogens with zero attached hydrogens (tertiary/aromatic N) is 2. The molecule has 1 aromatic rings. The van der Waals surface area contributed by atoms with Crippen molar-refractivity contribution in [2.24, 2.45) is 0 Å². The first kappa shape index (κ1) is 12.5. The van der Waals surface area contributed by atoms with Gasteiger partial charge in [-0.2, -0.15) is 0 Å². The highest BCUT2D eigenvalue weighted by Crippen LogP contribution is 1.97. The summed E-state index contributed by atoms with van der Waals surface area (Å²) >= 11 is 0. The highest BCUT2D eigenvalue weighted by Gasteiger charge is 2.05. The normalized spacial score (nSPS) is 10.4. The molecule has 0 N–H and O–H groups in total. The van der Waals surface area contributed by atoms with E-state index >= 15 is 0 Å². The zero-order valence-corrected chi connectivity index (χ0v) is 9.90. The molecule has 0 bridgehead atoms. The van der Waals surface area contributed by atoms with Crippen molar-refractivity contribution in [2.75, 3.05) is 0 Å². The summed E-state index contributed by atoms with van der Waals surface area (Å²) in [6.45, 7) is 8.73. The summed E-state index contributed by atoms with van der Waals surface area (Å²) in [5.41, 5.74) is 0.379. The van der Waals surface area contributed by atoms with Crippen LogP contribution in [0.5, 0.6) is 0 Å². The van der Waals surface area contributed by atoms with E-state index in [1.165, 1.54) is 10.6 Å². The molecule has 0 aliphatic heterocycles. The number of aryl methyl sites for hydroxylation is 1. The summed E-state index contributed by atoms with van der Waals surface area (Å²) in [4.78, 5) is 23.5. The largest absolute Gasteiger partial charge is 0.331 e. The number of hydrogen-bond acceptors (Lipinski definition) is 2. The van der Waals surface area contributed by atoms with E-state index in [9.17, 15) is 9.59 Å². The van der Waals surface area contributed by atoms with Crippen LogP contribution in [0.3, 0.4) is 0 Å². The van der Waals surface area contributed by atoms with E-state index in [1.54, 1.807) is 10.8 Å². The van der Waals surface area contributed by atoms with Gasteiger partial charge in [-0.3, -0.25) is 9.36 Å². The van der Waals surface area contributed by atoms with Crippen LogP contribution in [0.4, 0.5) is 0 Å². The van der Waals surface area contributed by atoms with Crippen LogP contribution in [-0.2, 0) is 13.1 Å². The van der Waals surface area contributed by atoms with Gasteiger partial charge >= 0.3 is 5.69 Å². The molecule has 4 nitrogen and oxygen atoms in total. The molecule has 0 saturated heterocycles. The summed E-state index contributed by atoms with van der Waals surface area (Å²) in [6.07, 6.45) is 3.20. The van der Waals surface area contributed by atoms with Crippen molar-refractivity contribution in [3.63, 3.8) is 0 Å².